The Morgan fingerprint density at radius 3 is 2.36 bits per heavy atom. The zero-order valence-corrected chi connectivity index (χ0v) is 20.2. The molecule has 0 radical (unpaired) electrons. The van der Waals surface area contributed by atoms with E-state index in [9.17, 15) is 9.59 Å². The molecule has 0 fully saturated rings. The molecule has 0 amide bonds. The van der Waals surface area contributed by atoms with Crippen LogP contribution in [0.25, 0.3) is 39.0 Å². The normalized spacial score (nSPS) is 11.2. The summed E-state index contributed by atoms with van der Waals surface area (Å²) in [5, 5.41) is 1.89. The molecule has 5 aromatic rings. The molecule has 5 rings (SSSR count). The lowest BCUT2D eigenvalue weighted by Gasteiger charge is -2.08. The Morgan fingerprint density at radius 2 is 1.58 bits per heavy atom. The van der Waals surface area contributed by atoms with Crippen LogP contribution in [-0.4, -0.2) is 44.7 Å². The molecule has 8 heteroatoms. The number of carbonyl (C=O) groups excluding carboxylic acids is 2. The molecule has 0 spiro atoms. The van der Waals surface area contributed by atoms with Crippen molar-refractivity contribution < 1.29 is 19.1 Å². The van der Waals surface area contributed by atoms with Gasteiger partial charge < -0.3 is 14.5 Å². The SMILES string of the molecule is CCOC(=O)Cc1c(-c2cncc(-n3cc(CC(=O)OCC)c4ccccc43)n2)[nH]c2ccccc12. The van der Waals surface area contributed by atoms with E-state index in [0.717, 1.165) is 38.6 Å². The molecular formula is C28H26N4O4. The Morgan fingerprint density at radius 1 is 0.889 bits per heavy atom. The van der Waals surface area contributed by atoms with Crippen molar-refractivity contribution in [3.05, 3.63) is 78.2 Å². The lowest BCUT2D eigenvalue weighted by atomic mass is 10.1. The number of ether oxygens (including phenoxy) is 2. The third kappa shape index (κ3) is 4.45. The first-order valence-electron chi connectivity index (χ1n) is 11.9. The summed E-state index contributed by atoms with van der Waals surface area (Å²) in [5.41, 5.74) is 4.81. The quantitative estimate of drug-likeness (QED) is 0.320. The maximum Gasteiger partial charge on any atom is 0.310 e. The van der Waals surface area contributed by atoms with Gasteiger partial charge in [-0.05, 0) is 37.1 Å². The molecule has 2 aromatic carbocycles. The van der Waals surface area contributed by atoms with Crippen LogP contribution in [0.4, 0.5) is 0 Å². The highest BCUT2D eigenvalue weighted by Gasteiger charge is 2.19. The number of rotatable bonds is 8. The van der Waals surface area contributed by atoms with Gasteiger partial charge in [-0.2, -0.15) is 0 Å². The predicted molar refractivity (Wildman–Crippen MR) is 137 cm³/mol. The van der Waals surface area contributed by atoms with Crippen LogP contribution in [0.5, 0.6) is 0 Å². The second kappa shape index (κ2) is 10.0. The van der Waals surface area contributed by atoms with Crippen LogP contribution in [0.2, 0.25) is 0 Å². The van der Waals surface area contributed by atoms with Crippen LogP contribution < -0.4 is 0 Å². The van der Waals surface area contributed by atoms with E-state index in [1.807, 2.05) is 59.3 Å². The molecule has 0 aliphatic rings. The summed E-state index contributed by atoms with van der Waals surface area (Å²) in [5.74, 6) is 0.0223. The zero-order valence-electron chi connectivity index (χ0n) is 20.2. The van der Waals surface area contributed by atoms with Crippen molar-refractivity contribution in [3.63, 3.8) is 0 Å². The van der Waals surface area contributed by atoms with Crippen molar-refractivity contribution >= 4 is 33.7 Å². The Hall–Kier alpha value is -4.46. The fourth-order valence-electron chi connectivity index (χ4n) is 4.50. The summed E-state index contributed by atoms with van der Waals surface area (Å²) >= 11 is 0. The van der Waals surface area contributed by atoms with E-state index in [-0.39, 0.29) is 24.8 Å². The third-order valence-electron chi connectivity index (χ3n) is 6.00. The first-order valence-corrected chi connectivity index (χ1v) is 11.9. The summed E-state index contributed by atoms with van der Waals surface area (Å²) in [7, 11) is 0. The van der Waals surface area contributed by atoms with Crippen LogP contribution in [0.1, 0.15) is 25.0 Å². The lowest BCUT2D eigenvalue weighted by molar-refractivity contribution is -0.143. The highest BCUT2D eigenvalue weighted by Crippen LogP contribution is 2.31. The second-order valence-electron chi connectivity index (χ2n) is 8.29. The van der Waals surface area contributed by atoms with E-state index in [4.69, 9.17) is 14.5 Å². The first kappa shape index (κ1) is 23.3. The summed E-state index contributed by atoms with van der Waals surface area (Å²) in [6, 6.07) is 15.7. The molecule has 0 aliphatic carbocycles. The van der Waals surface area contributed by atoms with Crippen molar-refractivity contribution in [3.8, 4) is 17.2 Å². The van der Waals surface area contributed by atoms with Gasteiger partial charge in [0, 0.05) is 22.5 Å². The number of hydrogen-bond acceptors (Lipinski definition) is 6. The molecule has 1 N–H and O–H groups in total. The molecule has 8 nitrogen and oxygen atoms in total. The van der Waals surface area contributed by atoms with Crippen LogP contribution in [-0.2, 0) is 31.9 Å². The monoisotopic (exact) mass is 482 g/mol. The smallest absolute Gasteiger partial charge is 0.310 e. The van der Waals surface area contributed by atoms with Gasteiger partial charge in [-0.1, -0.05) is 36.4 Å². The van der Waals surface area contributed by atoms with Crippen molar-refractivity contribution in [2.45, 2.75) is 26.7 Å². The highest BCUT2D eigenvalue weighted by molar-refractivity contribution is 5.94. The first-order chi connectivity index (χ1) is 17.6. The number of fused-ring (bicyclic) bond motifs is 2. The van der Waals surface area contributed by atoms with Gasteiger partial charge in [0.1, 0.15) is 5.69 Å². The second-order valence-corrected chi connectivity index (χ2v) is 8.29. The molecule has 36 heavy (non-hydrogen) atoms. The minimum atomic E-state index is -0.298. The van der Waals surface area contributed by atoms with E-state index >= 15 is 0 Å². The predicted octanol–water partition coefficient (Wildman–Crippen LogP) is 4.78. The number of nitrogens with one attached hydrogen (secondary N) is 1. The summed E-state index contributed by atoms with van der Waals surface area (Å²) < 4.78 is 12.3. The lowest BCUT2D eigenvalue weighted by Crippen LogP contribution is -2.08. The van der Waals surface area contributed by atoms with Gasteiger partial charge in [0.05, 0.1) is 49.7 Å². The third-order valence-corrected chi connectivity index (χ3v) is 6.00. The molecule has 3 heterocycles. The molecule has 0 aliphatic heterocycles. The molecule has 0 atom stereocenters. The largest absolute Gasteiger partial charge is 0.466 e. The van der Waals surface area contributed by atoms with Gasteiger partial charge in [-0.15, -0.1) is 0 Å². The maximum atomic E-state index is 12.4. The zero-order chi connectivity index (χ0) is 25.1. The standard InChI is InChI=1S/C28H26N4O4/c1-3-35-26(33)13-18-17-32(24-12-8-6-9-19(18)24)25-16-29-15-23(30-25)28-21(14-27(34)36-4-2)20-10-5-7-11-22(20)31-28/h5-12,15-17,31H,3-4,13-14H2,1-2H3. The van der Waals surface area contributed by atoms with E-state index in [1.165, 1.54) is 0 Å². The molecule has 3 aromatic heterocycles. The number of benzene rings is 2. The fourth-order valence-corrected chi connectivity index (χ4v) is 4.50. The van der Waals surface area contributed by atoms with Crippen LogP contribution in [0.3, 0.4) is 0 Å². The minimum absolute atomic E-state index is 0.120. The Balaban J connectivity index is 1.60. The maximum absolute atomic E-state index is 12.4. The van der Waals surface area contributed by atoms with E-state index in [2.05, 4.69) is 9.97 Å². The summed E-state index contributed by atoms with van der Waals surface area (Å²) in [4.78, 5) is 37.4. The van der Waals surface area contributed by atoms with Gasteiger partial charge in [0.15, 0.2) is 5.82 Å². The van der Waals surface area contributed by atoms with E-state index in [0.29, 0.717) is 24.7 Å². The van der Waals surface area contributed by atoms with Gasteiger partial charge in [-0.25, -0.2) is 4.98 Å². The van der Waals surface area contributed by atoms with Crippen LogP contribution in [0, 0.1) is 0 Å². The number of para-hydroxylation sites is 2. The van der Waals surface area contributed by atoms with Gasteiger partial charge in [0.25, 0.3) is 0 Å². The molecule has 0 unspecified atom stereocenters. The average molecular weight is 483 g/mol. The van der Waals surface area contributed by atoms with Crippen molar-refractivity contribution in [2.75, 3.05) is 13.2 Å². The van der Waals surface area contributed by atoms with Crippen molar-refractivity contribution in [1.29, 1.82) is 0 Å². The van der Waals surface area contributed by atoms with E-state index < -0.39 is 0 Å². The number of aromatic amines is 1. The van der Waals surface area contributed by atoms with Gasteiger partial charge >= 0.3 is 11.9 Å². The van der Waals surface area contributed by atoms with Crippen molar-refractivity contribution in [1.82, 2.24) is 19.5 Å². The number of H-pyrrole nitrogens is 1. The Kier molecular flexibility index (Phi) is 6.49. The molecule has 0 saturated heterocycles. The number of carbonyl (C=O) groups is 2. The Labute approximate surface area is 207 Å². The summed E-state index contributed by atoms with van der Waals surface area (Å²) in [6.07, 6.45) is 5.54. The van der Waals surface area contributed by atoms with Gasteiger partial charge in [-0.3, -0.25) is 19.1 Å². The van der Waals surface area contributed by atoms with Crippen LogP contribution in [0.15, 0.2) is 67.1 Å². The Bertz CT molecular complexity index is 1570. The van der Waals surface area contributed by atoms with Crippen molar-refractivity contribution in [2.24, 2.45) is 0 Å². The van der Waals surface area contributed by atoms with Gasteiger partial charge in [0.2, 0.25) is 0 Å². The van der Waals surface area contributed by atoms with E-state index in [1.54, 1.807) is 26.2 Å². The topological polar surface area (TPSA) is 99.1 Å². The summed E-state index contributed by atoms with van der Waals surface area (Å²) in [6.45, 7) is 4.24. The number of hydrogen-bond donors (Lipinski definition) is 1. The van der Waals surface area contributed by atoms with Crippen LogP contribution >= 0.6 is 0 Å². The molecule has 182 valence electrons. The average Bonchev–Trinajstić information content (AvgIpc) is 3.43. The highest BCUT2D eigenvalue weighted by atomic mass is 16.5. The molecule has 0 saturated carbocycles. The number of esters is 2. The molecule has 0 bridgehead atoms. The number of aromatic nitrogens is 4. The minimum Gasteiger partial charge on any atom is -0.466 e. The fraction of sp³-hybridized carbons (Fsp3) is 0.214. The number of nitrogens with zero attached hydrogens (tertiary/aromatic N) is 3. The molecular weight excluding hydrogens is 456 g/mol.